The van der Waals surface area contributed by atoms with E-state index in [0.29, 0.717) is 45.2 Å². The number of carboxylic acids is 2. The van der Waals surface area contributed by atoms with Crippen LogP contribution in [0.4, 0.5) is 9.59 Å². The van der Waals surface area contributed by atoms with Crippen LogP contribution in [0.25, 0.3) is 0 Å². The van der Waals surface area contributed by atoms with Crippen LogP contribution in [0.1, 0.15) is 32.1 Å². The first-order valence-electron chi connectivity index (χ1n) is 7.61. The highest BCUT2D eigenvalue weighted by Crippen LogP contribution is 1.97. The second-order valence-electron chi connectivity index (χ2n) is 5.11. The third-order valence-electron chi connectivity index (χ3n) is 2.87. The molecule has 0 unspecified atom stereocenters. The summed E-state index contributed by atoms with van der Waals surface area (Å²) in [4.78, 5) is 40.8. The van der Waals surface area contributed by atoms with E-state index in [1.165, 1.54) is 0 Å². The van der Waals surface area contributed by atoms with E-state index in [9.17, 15) is 19.2 Å². The molecule has 146 valence electrons. The molecule has 2 atom stereocenters. The Morgan fingerprint density at radius 2 is 1.08 bits per heavy atom. The number of hydrogen-bond acceptors (Lipinski definition) is 6. The van der Waals surface area contributed by atoms with Crippen molar-refractivity contribution in [2.75, 3.05) is 13.1 Å². The Bertz CT molecular complexity index is 433. The van der Waals surface area contributed by atoms with Crippen LogP contribution in [0.3, 0.4) is 0 Å². The summed E-state index contributed by atoms with van der Waals surface area (Å²) in [6, 6.07) is -2.85. The van der Waals surface area contributed by atoms with Crippen LogP contribution >= 0.6 is 0 Å². The van der Waals surface area contributed by atoms with Crippen LogP contribution in [-0.4, -0.2) is 59.4 Å². The third kappa shape index (κ3) is 19.4. The summed E-state index contributed by atoms with van der Waals surface area (Å²) in [7, 11) is 0. The highest BCUT2D eigenvalue weighted by Gasteiger charge is 2.10. The standard InChI is InChI=1S/C7H15N3O3.C6H13N3O3/c8-5(6(11)12)3-1-2-4-10-7(9)13;7-4(5(10)11)2-1-3-9-6(8)12/h5H,1-4,8H2,(H,11,12)(H3,9,10,13);4H,1-3,7H2,(H,10,11)(H3,8,9,12)/t5-;4-/m00/s1. The molecule has 25 heavy (non-hydrogen) atoms. The van der Waals surface area contributed by atoms with Gasteiger partial charge in [-0.3, -0.25) is 9.59 Å². The maximum Gasteiger partial charge on any atom is 0.320 e. The lowest BCUT2D eigenvalue weighted by atomic mass is 10.1. The number of carbonyl (C=O) groups is 4. The number of amides is 4. The predicted molar refractivity (Wildman–Crippen MR) is 89.5 cm³/mol. The van der Waals surface area contributed by atoms with Gasteiger partial charge in [0.05, 0.1) is 0 Å². The minimum Gasteiger partial charge on any atom is -0.480 e. The first-order valence-corrected chi connectivity index (χ1v) is 7.61. The molecule has 0 spiro atoms. The van der Waals surface area contributed by atoms with Crippen molar-refractivity contribution in [3.05, 3.63) is 0 Å². The molecule has 0 saturated heterocycles. The van der Waals surface area contributed by atoms with E-state index >= 15 is 0 Å². The van der Waals surface area contributed by atoms with Gasteiger partial charge in [0.1, 0.15) is 12.1 Å². The normalized spacial score (nSPS) is 12.1. The van der Waals surface area contributed by atoms with Gasteiger partial charge in [-0.05, 0) is 32.1 Å². The topological polar surface area (TPSA) is 237 Å². The summed E-state index contributed by atoms with van der Waals surface area (Å²) >= 11 is 0. The van der Waals surface area contributed by atoms with Crippen molar-refractivity contribution in [2.24, 2.45) is 22.9 Å². The molecule has 12 N–H and O–H groups in total. The van der Waals surface area contributed by atoms with Crippen molar-refractivity contribution in [1.82, 2.24) is 10.6 Å². The van der Waals surface area contributed by atoms with E-state index in [1.807, 2.05) is 0 Å². The zero-order valence-corrected chi connectivity index (χ0v) is 13.9. The van der Waals surface area contributed by atoms with Gasteiger partial charge in [0, 0.05) is 13.1 Å². The Kier molecular flexibility index (Phi) is 14.7. The monoisotopic (exact) mass is 364 g/mol. The van der Waals surface area contributed by atoms with Gasteiger partial charge >= 0.3 is 24.0 Å². The Morgan fingerprint density at radius 1 is 0.720 bits per heavy atom. The zero-order valence-electron chi connectivity index (χ0n) is 13.9. The molecule has 0 rings (SSSR count). The molecule has 0 bridgehead atoms. The molecule has 0 aromatic rings. The second kappa shape index (κ2) is 15.0. The number of nitrogens with two attached hydrogens (primary N) is 4. The van der Waals surface area contributed by atoms with Gasteiger partial charge in [-0.25, -0.2) is 9.59 Å². The van der Waals surface area contributed by atoms with Crippen LogP contribution in [0, 0.1) is 0 Å². The summed E-state index contributed by atoms with van der Waals surface area (Å²) in [6.07, 6.45) is 2.60. The molecule has 0 fully saturated rings. The van der Waals surface area contributed by atoms with Gasteiger partial charge in [0.15, 0.2) is 0 Å². The van der Waals surface area contributed by atoms with Crippen molar-refractivity contribution in [2.45, 2.75) is 44.2 Å². The lowest BCUT2D eigenvalue weighted by molar-refractivity contribution is -0.139. The maximum atomic E-state index is 10.3. The van der Waals surface area contributed by atoms with Crippen LogP contribution in [0.15, 0.2) is 0 Å². The van der Waals surface area contributed by atoms with E-state index in [4.69, 9.17) is 33.1 Å². The quantitative estimate of drug-likeness (QED) is 0.192. The number of primary amides is 2. The molecular formula is C13H28N6O6. The van der Waals surface area contributed by atoms with Crippen LogP contribution in [0.5, 0.6) is 0 Å². The molecule has 12 nitrogen and oxygen atoms in total. The van der Waals surface area contributed by atoms with Crippen LogP contribution in [-0.2, 0) is 9.59 Å². The fraction of sp³-hybridized carbons (Fsp3) is 0.692. The van der Waals surface area contributed by atoms with E-state index in [1.54, 1.807) is 0 Å². The van der Waals surface area contributed by atoms with Crippen molar-refractivity contribution >= 4 is 24.0 Å². The Hall–Kier alpha value is -2.60. The van der Waals surface area contributed by atoms with Gasteiger partial charge in [-0.2, -0.15) is 0 Å². The fourth-order valence-corrected chi connectivity index (χ4v) is 1.48. The van der Waals surface area contributed by atoms with Crippen molar-refractivity contribution < 1.29 is 29.4 Å². The Morgan fingerprint density at radius 3 is 1.44 bits per heavy atom. The summed E-state index contributed by atoms with van der Waals surface area (Å²) in [5.74, 6) is -2.03. The van der Waals surface area contributed by atoms with E-state index in [2.05, 4.69) is 10.6 Å². The van der Waals surface area contributed by atoms with Gasteiger partial charge < -0.3 is 43.8 Å². The van der Waals surface area contributed by atoms with E-state index < -0.39 is 36.1 Å². The molecule has 0 aromatic carbocycles. The van der Waals surface area contributed by atoms with Crippen LogP contribution in [0.2, 0.25) is 0 Å². The average molecular weight is 364 g/mol. The molecule has 0 aliphatic rings. The third-order valence-corrected chi connectivity index (χ3v) is 2.87. The smallest absolute Gasteiger partial charge is 0.320 e. The van der Waals surface area contributed by atoms with Crippen LogP contribution < -0.4 is 33.6 Å². The fourth-order valence-electron chi connectivity index (χ4n) is 1.48. The predicted octanol–water partition coefficient (Wildman–Crippen LogP) is -1.92. The first kappa shape index (κ1) is 24.6. The molecular weight excluding hydrogens is 336 g/mol. The van der Waals surface area contributed by atoms with Crippen molar-refractivity contribution in [1.29, 1.82) is 0 Å². The number of aliphatic carboxylic acids is 2. The highest BCUT2D eigenvalue weighted by molar-refractivity contribution is 5.73. The molecule has 12 heteroatoms. The lowest BCUT2D eigenvalue weighted by Gasteiger charge is -2.05. The Balaban J connectivity index is 0. The van der Waals surface area contributed by atoms with Gasteiger partial charge in [0.25, 0.3) is 0 Å². The number of rotatable bonds is 11. The Labute approximate surface area is 145 Å². The molecule has 0 aliphatic heterocycles. The molecule has 0 heterocycles. The van der Waals surface area contributed by atoms with Crippen molar-refractivity contribution in [3.8, 4) is 0 Å². The summed E-state index contributed by atoms with van der Waals surface area (Å²) in [5.41, 5.74) is 20.0. The van der Waals surface area contributed by atoms with E-state index in [0.717, 1.165) is 0 Å². The zero-order chi connectivity index (χ0) is 19.8. The second-order valence-corrected chi connectivity index (χ2v) is 5.11. The number of carbonyl (C=O) groups excluding carboxylic acids is 2. The number of carboxylic acid groups (broad SMARTS) is 2. The molecule has 0 aliphatic carbocycles. The lowest BCUT2D eigenvalue weighted by Crippen LogP contribution is -2.33. The minimum atomic E-state index is -1.03. The molecule has 4 amide bonds. The summed E-state index contributed by atoms with van der Waals surface area (Å²) < 4.78 is 0. The van der Waals surface area contributed by atoms with Gasteiger partial charge in [-0.15, -0.1) is 0 Å². The highest BCUT2D eigenvalue weighted by atomic mass is 16.4. The maximum absolute atomic E-state index is 10.3. The molecule has 0 aromatic heterocycles. The number of hydrogen-bond donors (Lipinski definition) is 8. The molecule has 0 radical (unpaired) electrons. The summed E-state index contributed by atoms with van der Waals surface area (Å²) in [6.45, 7) is 0.817. The summed E-state index contributed by atoms with van der Waals surface area (Å²) in [5, 5.41) is 21.5. The number of urea groups is 2. The van der Waals surface area contributed by atoms with Gasteiger partial charge in [-0.1, -0.05) is 0 Å². The van der Waals surface area contributed by atoms with E-state index in [-0.39, 0.29) is 0 Å². The number of unbranched alkanes of at least 4 members (excludes halogenated alkanes) is 1. The molecule has 0 saturated carbocycles. The minimum absolute atomic E-state index is 0.329. The van der Waals surface area contributed by atoms with Gasteiger partial charge in [0.2, 0.25) is 0 Å². The SMILES string of the molecule is NC(=O)NCCCC[C@H](N)C(=O)O.NC(=O)NCCC[C@H](N)C(=O)O. The first-order chi connectivity index (χ1) is 11.6. The van der Waals surface area contributed by atoms with Crippen molar-refractivity contribution in [3.63, 3.8) is 0 Å². The largest absolute Gasteiger partial charge is 0.480 e. The number of nitrogens with one attached hydrogen (secondary N) is 2. The average Bonchev–Trinajstić information content (AvgIpc) is 2.50.